The maximum atomic E-state index is 14.0. The number of amides is 1. The average molecular weight is 445 g/mol. The Morgan fingerprint density at radius 2 is 1.94 bits per heavy atom. The zero-order valence-electron chi connectivity index (χ0n) is 16.1. The van der Waals surface area contributed by atoms with Gasteiger partial charge in [0.1, 0.15) is 10.8 Å². The molecular weight excluding hydrogens is 430 g/mol. The van der Waals surface area contributed by atoms with E-state index in [0.717, 1.165) is 12.1 Å². The predicted octanol–water partition coefficient (Wildman–Crippen LogP) is 3.68. The highest BCUT2D eigenvalue weighted by molar-refractivity contribution is 6.29. The minimum absolute atomic E-state index is 0.00912. The fourth-order valence-corrected chi connectivity index (χ4v) is 4.13. The van der Waals surface area contributed by atoms with Crippen LogP contribution in [-0.2, 0) is 11.3 Å². The second-order valence-electron chi connectivity index (χ2n) is 7.36. The van der Waals surface area contributed by atoms with Gasteiger partial charge in [0.2, 0.25) is 0 Å². The van der Waals surface area contributed by atoms with Crippen LogP contribution in [0, 0.1) is 11.6 Å². The van der Waals surface area contributed by atoms with Crippen LogP contribution in [0.5, 0.6) is 0 Å². The Balaban J connectivity index is 1.61. The number of halogens is 3. The third kappa shape index (κ3) is 3.17. The number of fused-ring (bicyclic) bond motifs is 4. The fraction of sp³-hybridized carbons (Fsp3) is 0.190. The first-order chi connectivity index (χ1) is 14.8. The van der Waals surface area contributed by atoms with Crippen LogP contribution in [0.4, 0.5) is 8.78 Å². The molecule has 4 aromatic rings. The second kappa shape index (κ2) is 7.14. The van der Waals surface area contributed by atoms with E-state index >= 15 is 0 Å². The van der Waals surface area contributed by atoms with Gasteiger partial charge in [0.05, 0.1) is 35.7 Å². The third-order valence-corrected chi connectivity index (χ3v) is 5.71. The molecule has 7 nitrogen and oxygen atoms in total. The molecule has 1 aliphatic rings. The Bertz CT molecular complexity index is 1430. The van der Waals surface area contributed by atoms with E-state index in [0.29, 0.717) is 27.4 Å². The number of likely N-dealkylation sites (N-methyl/N-ethyl adjacent to an activating group) is 1. The van der Waals surface area contributed by atoms with Gasteiger partial charge in [0.25, 0.3) is 11.5 Å². The van der Waals surface area contributed by atoms with Gasteiger partial charge >= 0.3 is 0 Å². The van der Waals surface area contributed by atoms with Crippen molar-refractivity contribution in [2.45, 2.75) is 12.6 Å². The summed E-state index contributed by atoms with van der Waals surface area (Å²) < 4.78 is 33.4. The van der Waals surface area contributed by atoms with Crippen LogP contribution < -0.4 is 5.56 Å². The van der Waals surface area contributed by atoms with Gasteiger partial charge < -0.3 is 19.6 Å². The molecule has 1 aromatic carbocycles. The van der Waals surface area contributed by atoms with Crippen LogP contribution in [0.2, 0.25) is 5.15 Å². The minimum atomic E-state index is -1.12. The lowest BCUT2D eigenvalue weighted by molar-refractivity contribution is 0.0333. The van der Waals surface area contributed by atoms with Gasteiger partial charge in [-0.05, 0) is 35.7 Å². The zero-order chi connectivity index (χ0) is 21.9. The molecule has 158 valence electrons. The lowest BCUT2D eigenvalue weighted by atomic mass is 9.95. The molecule has 5 rings (SSSR count). The summed E-state index contributed by atoms with van der Waals surface area (Å²) in [6.45, 7) is 0.215. The number of H-pyrrole nitrogens is 2. The first-order valence-electron chi connectivity index (χ1n) is 9.37. The molecule has 31 heavy (non-hydrogen) atoms. The summed E-state index contributed by atoms with van der Waals surface area (Å²) in [5.74, 6) is -2.55. The molecule has 3 aromatic heterocycles. The number of carbonyl (C=O) groups excluding carboxylic acids is 1. The molecular formula is C21H15ClF2N4O3. The summed E-state index contributed by atoms with van der Waals surface area (Å²) in [5.41, 5.74) is 1.86. The maximum Gasteiger partial charge on any atom is 0.270 e. The van der Waals surface area contributed by atoms with E-state index < -0.39 is 23.2 Å². The van der Waals surface area contributed by atoms with Crippen LogP contribution in [0.1, 0.15) is 27.8 Å². The topological polar surface area (TPSA) is 91.1 Å². The van der Waals surface area contributed by atoms with E-state index in [4.69, 9.17) is 16.3 Å². The number of pyridine rings is 2. The van der Waals surface area contributed by atoms with Crippen LogP contribution in [0.25, 0.3) is 21.8 Å². The number of nitrogens with one attached hydrogen (secondary N) is 2. The predicted molar refractivity (Wildman–Crippen MR) is 110 cm³/mol. The average Bonchev–Trinajstić information content (AvgIpc) is 3.17. The van der Waals surface area contributed by atoms with Gasteiger partial charge in [-0.2, -0.15) is 0 Å². The van der Waals surface area contributed by atoms with E-state index in [1.165, 1.54) is 4.90 Å². The van der Waals surface area contributed by atoms with E-state index in [-0.39, 0.29) is 35.6 Å². The molecule has 0 radical (unpaired) electrons. The lowest BCUT2D eigenvalue weighted by Gasteiger charge is -2.33. The first-order valence-corrected chi connectivity index (χ1v) is 9.75. The molecule has 4 heterocycles. The molecule has 0 aliphatic carbocycles. The van der Waals surface area contributed by atoms with E-state index in [2.05, 4.69) is 15.0 Å². The summed E-state index contributed by atoms with van der Waals surface area (Å²) in [7, 11) is 1.58. The highest BCUT2D eigenvalue weighted by atomic mass is 35.5. The summed E-state index contributed by atoms with van der Waals surface area (Å²) in [4.78, 5) is 36.9. The number of aromatic amines is 2. The van der Waals surface area contributed by atoms with Crippen LogP contribution in [0.3, 0.4) is 0 Å². The van der Waals surface area contributed by atoms with Crippen molar-refractivity contribution in [3.05, 3.63) is 74.4 Å². The smallest absolute Gasteiger partial charge is 0.270 e. The molecule has 0 spiro atoms. The van der Waals surface area contributed by atoms with Gasteiger partial charge in [-0.1, -0.05) is 11.6 Å². The van der Waals surface area contributed by atoms with Crippen molar-refractivity contribution in [1.29, 1.82) is 0 Å². The Kier molecular flexibility index (Phi) is 4.53. The lowest BCUT2D eigenvalue weighted by Crippen LogP contribution is -2.37. The van der Waals surface area contributed by atoms with Crippen LogP contribution >= 0.6 is 11.6 Å². The molecule has 2 N–H and O–H groups in total. The number of aromatic nitrogens is 3. The second-order valence-corrected chi connectivity index (χ2v) is 7.74. The van der Waals surface area contributed by atoms with Gasteiger partial charge in [-0.25, -0.2) is 13.8 Å². The van der Waals surface area contributed by atoms with Gasteiger partial charge in [0, 0.05) is 18.3 Å². The molecule has 0 fully saturated rings. The Morgan fingerprint density at radius 3 is 2.71 bits per heavy atom. The molecule has 0 saturated heterocycles. The molecule has 0 bridgehead atoms. The minimum Gasteiger partial charge on any atom is -0.373 e. The number of nitrogens with zero attached hydrogens (tertiary/aromatic N) is 2. The van der Waals surface area contributed by atoms with Crippen molar-refractivity contribution in [2.24, 2.45) is 0 Å². The molecule has 1 amide bonds. The Hall–Kier alpha value is -3.30. The van der Waals surface area contributed by atoms with Crippen LogP contribution in [-0.4, -0.2) is 39.4 Å². The normalized spacial score (nSPS) is 15.9. The van der Waals surface area contributed by atoms with Crippen molar-refractivity contribution < 1.29 is 18.3 Å². The maximum absolute atomic E-state index is 14.0. The number of benzene rings is 1. The van der Waals surface area contributed by atoms with Crippen molar-refractivity contribution in [3.63, 3.8) is 0 Å². The highest BCUT2D eigenvalue weighted by Crippen LogP contribution is 2.34. The number of ether oxygens (including phenoxy) is 1. The standard InChI is InChI=1S/C21H15ClF2N4O3/c1-28(21(30)15-6-14-13(25-15)2-3-18(22)26-14)17-8-31-7-16-19(17)9-4-11(23)12(24)5-10(9)20(29)27-16/h2-6,17,25H,7-8H2,1H3,(H,27,29)/t17-/m0/s1. The van der Waals surface area contributed by atoms with E-state index in [9.17, 15) is 18.4 Å². The third-order valence-electron chi connectivity index (χ3n) is 5.50. The summed E-state index contributed by atoms with van der Waals surface area (Å²) in [5, 5.41) is 0.559. The van der Waals surface area contributed by atoms with E-state index in [1.807, 2.05) is 0 Å². The molecule has 0 unspecified atom stereocenters. The SMILES string of the molecule is CN(C(=O)c1cc2nc(Cl)ccc2[nH]1)[C@H]1COCc2[nH]c(=O)c3cc(F)c(F)cc3c21. The molecule has 10 heteroatoms. The summed E-state index contributed by atoms with van der Waals surface area (Å²) in [6, 6.07) is 6.14. The largest absolute Gasteiger partial charge is 0.373 e. The number of hydrogen-bond donors (Lipinski definition) is 2. The van der Waals surface area contributed by atoms with Crippen molar-refractivity contribution in [1.82, 2.24) is 19.9 Å². The number of hydrogen-bond acceptors (Lipinski definition) is 4. The Labute approximate surface area is 178 Å². The Morgan fingerprint density at radius 1 is 1.19 bits per heavy atom. The number of carbonyl (C=O) groups is 1. The van der Waals surface area contributed by atoms with Gasteiger partial charge in [0.15, 0.2) is 11.6 Å². The van der Waals surface area contributed by atoms with Crippen molar-refractivity contribution >= 4 is 39.3 Å². The highest BCUT2D eigenvalue weighted by Gasteiger charge is 2.32. The molecule has 0 saturated carbocycles. The van der Waals surface area contributed by atoms with E-state index in [1.54, 1.807) is 25.2 Å². The monoisotopic (exact) mass is 444 g/mol. The summed E-state index contributed by atoms with van der Waals surface area (Å²) >= 11 is 5.92. The molecule has 1 atom stereocenters. The van der Waals surface area contributed by atoms with Crippen LogP contribution in [0.15, 0.2) is 35.1 Å². The van der Waals surface area contributed by atoms with Gasteiger partial charge in [-0.3, -0.25) is 9.59 Å². The summed E-state index contributed by atoms with van der Waals surface area (Å²) in [6.07, 6.45) is 0. The fourth-order valence-electron chi connectivity index (χ4n) is 3.98. The first kappa shape index (κ1) is 19.7. The quantitative estimate of drug-likeness (QED) is 0.461. The van der Waals surface area contributed by atoms with Crippen molar-refractivity contribution in [2.75, 3.05) is 13.7 Å². The zero-order valence-corrected chi connectivity index (χ0v) is 16.9. The van der Waals surface area contributed by atoms with Crippen molar-refractivity contribution in [3.8, 4) is 0 Å². The number of rotatable bonds is 2. The molecule has 1 aliphatic heterocycles. The van der Waals surface area contributed by atoms with Gasteiger partial charge in [-0.15, -0.1) is 0 Å².